The summed E-state index contributed by atoms with van der Waals surface area (Å²) in [5, 5.41) is 0. The van der Waals surface area contributed by atoms with Crippen LogP contribution in [0.15, 0.2) is 40.8 Å². The zero-order valence-electron chi connectivity index (χ0n) is 18.9. The van der Waals surface area contributed by atoms with Crippen molar-refractivity contribution < 1.29 is 17.4 Å². The van der Waals surface area contributed by atoms with Crippen LogP contribution in [0.4, 0.5) is 0 Å². The maximum absolute atomic E-state index is 13.0. The smallest absolute Gasteiger partial charge is 0.297 e. The summed E-state index contributed by atoms with van der Waals surface area (Å²) in [6.07, 6.45) is 9.41. The van der Waals surface area contributed by atoms with Gasteiger partial charge in [-0.05, 0) is 86.2 Å². The summed E-state index contributed by atoms with van der Waals surface area (Å²) < 4.78 is 31.9. The summed E-state index contributed by atoms with van der Waals surface area (Å²) in [7, 11) is -3.77. The van der Waals surface area contributed by atoms with Gasteiger partial charge in [-0.2, -0.15) is 8.42 Å². The fourth-order valence-corrected chi connectivity index (χ4v) is 8.70. The minimum Gasteiger partial charge on any atom is -0.299 e. The predicted molar refractivity (Wildman–Crippen MR) is 120 cm³/mol. The topological polar surface area (TPSA) is 60.4 Å². The van der Waals surface area contributed by atoms with E-state index in [1.165, 1.54) is 5.57 Å². The zero-order valence-corrected chi connectivity index (χ0v) is 19.7. The Morgan fingerprint density at radius 3 is 2.48 bits per heavy atom. The van der Waals surface area contributed by atoms with E-state index in [1.54, 1.807) is 12.1 Å². The van der Waals surface area contributed by atoms with Crippen molar-refractivity contribution in [3.63, 3.8) is 0 Å². The molecule has 168 valence electrons. The molecule has 0 bridgehead atoms. The highest BCUT2D eigenvalue weighted by Crippen LogP contribution is 2.65. The number of aryl methyl sites for hydroxylation is 1. The van der Waals surface area contributed by atoms with Gasteiger partial charge >= 0.3 is 0 Å². The van der Waals surface area contributed by atoms with Gasteiger partial charge in [-0.3, -0.25) is 8.98 Å². The van der Waals surface area contributed by atoms with E-state index in [2.05, 4.69) is 19.9 Å². The van der Waals surface area contributed by atoms with Crippen LogP contribution in [0, 0.1) is 35.5 Å². The number of Topliss-reactive ketones (excluding diaryl/α,β-unsaturated/α-hetero) is 1. The highest BCUT2D eigenvalue weighted by molar-refractivity contribution is 7.86. The molecule has 0 N–H and O–H groups in total. The van der Waals surface area contributed by atoms with Crippen molar-refractivity contribution in [3.05, 3.63) is 41.5 Å². The molecule has 6 atom stereocenters. The van der Waals surface area contributed by atoms with E-state index in [-0.39, 0.29) is 21.8 Å². The molecule has 0 aliphatic heterocycles. The fraction of sp³-hybridized carbons (Fsp3) is 0.654. The van der Waals surface area contributed by atoms with Crippen LogP contribution >= 0.6 is 0 Å². The molecule has 4 unspecified atom stereocenters. The van der Waals surface area contributed by atoms with Gasteiger partial charge in [0, 0.05) is 12.8 Å². The Bertz CT molecular complexity index is 1020. The van der Waals surface area contributed by atoms with Crippen LogP contribution in [0.3, 0.4) is 0 Å². The lowest BCUT2D eigenvalue weighted by Gasteiger charge is -2.57. The van der Waals surface area contributed by atoms with Gasteiger partial charge in [0.15, 0.2) is 0 Å². The number of carbonyl (C=O) groups is 1. The van der Waals surface area contributed by atoms with Crippen molar-refractivity contribution in [2.75, 3.05) is 0 Å². The van der Waals surface area contributed by atoms with Crippen molar-refractivity contribution in [1.82, 2.24) is 0 Å². The number of fused-ring (bicyclic) bond motifs is 5. The van der Waals surface area contributed by atoms with Crippen molar-refractivity contribution in [2.24, 2.45) is 28.6 Å². The molecule has 5 rings (SSSR count). The van der Waals surface area contributed by atoms with Gasteiger partial charge in [0.1, 0.15) is 5.78 Å². The third kappa shape index (κ3) is 3.34. The number of rotatable bonds is 3. The Labute approximate surface area is 186 Å². The number of ketones is 1. The number of hydrogen-bond donors (Lipinski definition) is 0. The molecule has 1 aromatic carbocycles. The molecule has 0 saturated heterocycles. The highest BCUT2D eigenvalue weighted by Gasteiger charge is 2.59. The molecule has 0 spiro atoms. The number of carbonyl (C=O) groups excluding carboxylic acids is 1. The maximum Gasteiger partial charge on any atom is 0.297 e. The Hall–Kier alpha value is -1.46. The highest BCUT2D eigenvalue weighted by atomic mass is 32.2. The number of allylic oxidation sites excluding steroid dienone is 2. The summed E-state index contributed by atoms with van der Waals surface area (Å²) in [6.45, 7) is 6.60. The first-order chi connectivity index (χ1) is 14.6. The minimum absolute atomic E-state index is 0.106. The van der Waals surface area contributed by atoms with Crippen LogP contribution in [-0.2, 0) is 19.1 Å². The molecule has 5 heteroatoms. The summed E-state index contributed by atoms with van der Waals surface area (Å²) in [5.41, 5.74) is 2.45. The quantitative estimate of drug-likeness (QED) is 0.451. The van der Waals surface area contributed by atoms with E-state index in [9.17, 15) is 13.2 Å². The molecule has 1 aromatic rings. The Kier molecular flexibility index (Phi) is 5.02. The van der Waals surface area contributed by atoms with E-state index in [0.717, 1.165) is 44.1 Å². The van der Waals surface area contributed by atoms with E-state index in [4.69, 9.17) is 4.18 Å². The van der Waals surface area contributed by atoms with E-state index < -0.39 is 10.1 Å². The van der Waals surface area contributed by atoms with Crippen LogP contribution in [0.5, 0.6) is 0 Å². The van der Waals surface area contributed by atoms with E-state index in [0.29, 0.717) is 36.4 Å². The summed E-state index contributed by atoms with van der Waals surface area (Å²) in [6, 6.07) is 6.94. The predicted octanol–water partition coefficient (Wildman–Crippen LogP) is 5.60. The molecule has 0 amide bonds. The molecule has 0 radical (unpaired) electrons. The molecule has 0 heterocycles. The lowest BCUT2D eigenvalue weighted by atomic mass is 9.48. The second-order valence-corrected chi connectivity index (χ2v) is 12.5. The minimum atomic E-state index is -3.77. The molecule has 4 aliphatic carbocycles. The first-order valence-electron chi connectivity index (χ1n) is 11.8. The second kappa shape index (κ2) is 7.28. The molecule has 0 aromatic heterocycles. The van der Waals surface area contributed by atoms with Gasteiger partial charge in [0.25, 0.3) is 10.1 Å². The van der Waals surface area contributed by atoms with Crippen LogP contribution in [0.2, 0.25) is 0 Å². The molecule has 4 aliphatic rings. The zero-order chi connectivity index (χ0) is 22.0. The lowest BCUT2D eigenvalue weighted by molar-refractivity contribution is -0.122. The van der Waals surface area contributed by atoms with E-state index in [1.807, 2.05) is 19.1 Å². The van der Waals surface area contributed by atoms with E-state index >= 15 is 0 Å². The van der Waals surface area contributed by atoms with Crippen molar-refractivity contribution in [3.8, 4) is 0 Å². The Morgan fingerprint density at radius 1 is 1.00 bits per heavy atom. The van der Waals surface area contributed by atoms with Crippen molar-refractivity contribution >= 4 is 15.9 Å². The summed E-state index contributed by atoms with van der Waals surface area (Å²) >= 11 is 0. The first kappa shape index (κ1) is 21.4. The molecular formula is C26H34O4S. The average Bonchev–Trinajstić information content (AvgIpc) is 3.04. The van der Waals surface area contributed by atoms with Crippen molar-refractivity contribution in [1.29, 1.82) is 0 Å². The number of benzene rings is 1. The molecular weight excluding hydrogens is 408 g/mol. The maximum atomic E-state index is 13.0. The average molecular weight is 443 g/mol. The van der Waals surface area contributed by atoms with Crippen LogP contribution < -0.4 is 0 Å². The summed E-state index contributed by atoms with van der Waals surface area (Å²) in [5.74, 6) is 2.04. The molecule has 3 fully saturated rings. The largest absolute Gasteiger partial charge is 0.299 e. The summed E-state index contributed by atoms with van der Waals surface area (Å²) in [4.78, 5) is 12.3. The van der Waals surface area contributed by atoms with Crippen LogP contribution in [0.1, 0.15) is 70.8 Å². The van der Waals surface area contributed by atoms with Gasteiger partial charge in [0.05, 0.1) is 11.0 Å². The Morgan fingerprint density at radius 2 is 1.74 bits per heavy atom. The molecule has 4 nitrogen and oxygen atoms in total. The fourth-order valence-electron chi connectivity index (χ4n) is 7.50. The SMILES string of the molecule is Cc1ccc(S(=O)(=O)OC2CCC3C4CC=C5CC(=O)CC[C@]5(C)C4CC[C@]23C)cc1. The van der Waals surface area contributed by atoms with Crippen molar-refractivity contribution in [2.45, 2.75) is 83.1 Å². The lowest BCUT2D eigenvalue weighted by Crippen LogP contribution is -2.51. The van der Waals surface area contributed by atoms with Gasteiger partial charge in [-0.15, -0.1) is 0 Å². The van der Waals surface area contributed by atoms with Gasteiger partial charge < -0.3 is 0 Å². The standard InChI is InChI=1S/C26H34O4S/c1-17-4-7-20(8-5-17)31(28,29)30-24-11-10-22-21-9-6-18-16-19(27)12-14-25(18,2)23(21)13-15-26(22,24)3/h4-8,21-24H,9-16H2,1-3H3/t21?,22?,23?,24?,25-,26-/m0/s1. The normalized spacial score (nSPS) is 40.0. The monoisotopic (exact) mass is 442 g/mol. The van der Waals surface area contributed by atoms with Crippen LogP contribution in [-0.4, -0.2) is 20.3 Å². The van der Waals surface area contributed by atoms with Crippen LogP contribution in [0.25, 0.3) is 0 Å². The molecule has 3 saturated carbocycles. The Balaban J connectivity index is 1.39. The molecule has 31 heavy (non-hydrogen) atoms. The third-order valence-corrected chi connectivity index (χ3v) is 10.7. The van der Waals surface area contributed by atoms with Gasteiger partial charge in [0.2, 0.25) is 0 Å². The first-order valence-corrected chi connectivity index (χ1v) is 13.3. The second-order valence-electron chi connectivity index (χ2n) is 10.9. The number of hydrogen-bond acceptors (Lipinski definition) is 4. The van der Waals surface area contributed by atoms with Gasteiger partial charge in [-0.25, -0.2) is 0 Å². The third-order valence-electron chi connectivity index (χ3n) is 9.40. The van der Waals surface area contributed by atoms with Gasteiger partial charge in [-0.1, -0.05) is 43.2 Å².